The number of aliphatic hydroxyl groups excluding tert-OH is 1. The molecule has 0 fully saturated rings. The van der Waals surface area contributed by atoms with Crippen molar-refractivity contribution >= 4 is 46.4 Å². The van der Waals surface area contributed by atoms with Gasteiger partial charge in [0.15, 0.2) is 5.75 Å². The van der Waals surface area contributed by atoms with E-state index in [0.29, 0.717) is 21.5 Å². The molecule has 1 aromatic carbocycles. The third kappa shape index (κ3) is 6.25. The van der Waals surface area contributed by atoms with Gasteiger partial charge in [-0.3, -0.25) is 0 Å². The number of hydrogen-bond donors (Lipinski definition) is 1. The van der Waals surface area contributed by atoms with Crippen molar-refractivity contribution in [1.29, 1.82) is 0 Å². The third-order valence-corrected chi connectivity index (χ3v) is 2.93. The predicted octanol–water partition coefficient (Wildman–Crippen LogP) is 4.62. The molecule has 20 heavy (non-hydrogen) atoms. The topological polar surface area (TPSA) is 38.7 Å². The van der Waals surface area contributed by atoms with E-state index in [1.165, 1.54) is 6.08 Å². The quantitative estimate of drug-likeness (QED) is 0.723. The molecule has 0 aliphatic carbocycles. The number of hydrogen-bond acceptors (Lipinski definition) is 3. The molecule has 0 spiro atoms. The minimum absolute atomic E-state index is 0.0474. The van der Waals surface area contributed by atoms with Crippen LogP contribution in [-0.2, 0) is 0 Å². The van der Waals surface area contributed by atoms with Crippen LogP contribution in [-0.4, -0.2) is 24.9 Å². The molecular weight excluding hydrogens is 346 g/mol. The van der Waals surface area contributed by atoms with Gasteiger partial charge in [-0.1, -0.05) is 52.5 Å². The van der Waals surface area contributed by atoms with Crippen LogP contribution < -0.4 is 9.47 Å². The Kier molecular flexibility index (Phi) is 8.19. The van der Waals surface area contributed by atoms with Gasteiger partial charge in [-0.25, -0.2) is 0 Å². The second kappa shape index (κ2) is 9.37. The fourth-order valence-corrected chi connectivity index (χ4v) is 1.93. The second-order valence-electron chi connectivity index (χ2n) is 3.49. The predicted molar refractivity (Wildman–Crippen MR) is 83.5 cm³/mol. The van der Waals surface area contributed by atoms with Gasteiger partial charge in [0.05, 0.1) is 16.7 Å². The van der Waals surface area contributed by atoms with Crippen LogP contribution in [0.4, 0.5) is 0 Å². The Hall–Kier alpha value is -0.580. The lowest BCUT2D eigenvalue weighted by atomic mass is 10.3. The van der Waals surface area contributed by atoms with Crippen molar-refractivity contribution in [3.8, 4) is 11.5 Å². The van der Waals surface area contributed by atoms with E-state index in [1.54, 1.807) is 24.3 Å². The highest BCUT2D eigenvalue weighted by Gasteiger charge is 2.10. The van der Waals surface area contributed by atoms with Gasteiger partial charge in [-0.2, -0.15) is 0 Å². The molecule has 1 N–H and O–H groups in total. The third-order valence-electron chi connectivity index (χ3n) is 2.06. The smallest absolute Gasteiger partial charge is 0.157 e. The van der Waals surface area contributed by atoms with Gasteiger partial charge in [0.2, 0.25) is 0 Å². The summed E-state index contributed by atoms with van der Waals surface area (Å²) in [6.07, 6.45) is 4.71. The molecule has 0 atom stereocenters. The van der Waals surface area contributed by atoms with Crippen LogP contribution in [0.5, 0.6) is 11.5 Å². The molecule has 0 aliphatic rings. The number of rotatable bonds is 7. The monoisotopic (exact) mass is 356 g/mol. The van der Waals surface area contributed by atoms with Crippen molar-refractivity contribution < 1.29 is 14.6 Å². The molecule has 0 radical (unpaired) electrons. The van der Waals surface area contributed by atoms with E-state index in [4.69, 9.17) is 61.0 Å². The van der Waals surface area contributed by atoms with Gasteiger partial charge in [0.25, 0.3) is 0 Å². The largest absolute Gasteiger partial charge is 0.489 e. The van der Waals surface area contributed by atoms with Crippen LogP contribution in [0.1, 0.15) is 0 Å². The van der Waals surface area contributed by atoms with Crippen LogP contribution >= 0.6 is 46.4 Å². The molecule has 3 nitrogen and oxygen atoms in total. The SMILES string of the molecule is OCC=CCOc1c(Cl)cc(OCC=C(Cl)Cl)cc1Cl. The highest BCUT2D eigenvalue weighted by Crippen LogP contribution is 2.36. The summed E-state index contributed by atoms with van der Waals surface area (Å²) in [6, 6.07) is 3.16. The lowest BCUT2D eigenvalue weighted by Gasteiger charge is -2.11. The van der Waals surface area contributed by atoms with Gasteiger partial charge in [-0.05, 0) is 12.2 Å². The maximum absolute atomic E-state index is 8.60. The van der Waals surface area contributed by atoms with E-state index >= 15 is 0 Å². The van der Waals surface area contributed by atoms with Crippen molar-refractivity contribution in [3.05, 3.63) is 44.9 Å². The Balaban J connectivity index is 2.70. The minimum Gasteiger partial charge on any atom is -0.489 e. The van der Waals surface area contributed by atoms with E-state index in [2.05, 4.69) is 0 Å². The molecule has 0 unspecified atom stereocenters. The lowest BCUT2D eigenvalue weighted by Crippen LogP contribution is -1.98. The fraction of sp³-hybridized carbons (Fsp3) is 0.231. The normalized spacial score (nSPS) is 10.7. The minimum atomic E-state index is -0.0474. The average molecular weight is 358 g/mol. The van der Waals surface area contributed by atoms with E-state index in [9.17, 15) is 0 Å². The number of benzene rings is 1. The van der Waals surface area contributed by atoms with Crippen molar-refractivity contribution in [2.45, 2.75) is 0 Å². The summed E-state index contributed by atoms with van der Waals surface area (Å²) in [5, 5.41) is 9.25. The fourth-order valence-electron chi connectivity index (χ4n) is 1.23. The zero-order valence-electron chi connectivity index (χ0n) is 10.3. The molecule has 0 amide bonds. The first-order chi connectivity index (χ1) is 9.54. The Labute approximate surface area is 137 Å². The number of ether oxygens (including phenoxy) is 2. The van der Waals surface area contributed by atoms with Crippen molar-refractivity contribution in [2.24, 2.45) is 0 Å². The highest BCUT2D eigenvalue weighted by atomic mass is 35.5. The Morgan fingerprint density at radius 1 is 1.05 bits per heavy atom. The van der Waals surface area contributed by atoms with Crippen molar-refractivity contribution in [3.63, 3.8) is 0 Å². The van der Waals surface area contributed by atoms with Crippen LogP contribution in [0, 0.1) is 0 Å². The summed E-state index contributed by atoms with van der Waals surface area (Å²) in [7, 11) is 0. The lowest BCUT2D eigenvalue weighted by molar-refractivity contribution is 0.335. The van der Waals surface area contributed by atoms with E-state index in [0.717, 1.165) is 0 Å². The number of halogens is 4. The summed E-state index contributed by atoms with van der Waals surface area (Å²) in [5.41, 5.74) is 0. The van der Waals surface area contributed by atoms with Crippen LogP contribution in [0.3, 0.4) is 0 Å². The Morgan fingerprint density at radius 2 is 1.70 bits per heavy atom. The first-order valence-corrected chi connectivity index (χ1v) is 7.07. The molecule has 7 heteroatoms. The van der Waals surface area contributed by atoms with E-state index < -0.39 is 0 Å². The van der Waals surface area contributed by atoms with Crippen molar-refractivity contribution in [1.82, 2.24) is 0 Å². The highest BCUT2D eigenvalue weighted by molar-refractivity contribution is 6.55. The first-order valence-electron chi connectivity index (χ1n) is 5.56. The number of aliphatic hydroxyl groups is 1. The Bertz CT molecular complexity index is 473. The van der Waals surface area contributed by atoms with Gasteiger partial charge in [0.1, 0.15) is 23.5 Å². The van der Waals surface area contributed by atoms with Gasteiger partial charge >= 0.3 is 0 Å². The molecule has 110 valence electrons. The molecule has 0 bridgehead atoms. The first kappa shape index (κ1) is 17.5. The maximum Gasteiger partial charge on any atom is 0.157 e. The van der Waals surface area contributed by atoms with Crippen molar-refractivity contribution in [2.75, 3.05) is 19.8 Å². The van der Waals surface area contributed by atoms with E-state index in [1.807, 2.05) is 0 Å². The summed E-state index contributed by atoms with van der Waals surface area (Å²) in [5.74, 6) is 0.832. The molecule has 0 saturated carbocycles. The molecule has 0 saturated heterocycles. The zero-order chi connectivity index (χ0) is 15.0. The molecule has 0 aromatic heterocycles. The van der Waals surface area contributed by atoms with Gasteiger partial charge < -0.3 is 14.6 Å². The summed E-state index contributed by atoms with van der Waals surface area (Å²) in [4.78, 5) is 0. The van der Waals surface area contributed by atoms with Gasteiger partial charge in [-0.15, -0.1) is 0 Å². The zero-order valence-corrected chi connectivity index (χ0v) is 13.3. The van der Waals surface area contributed by atoms with Crippen LogP contribution in [0.25, 0.3) is 0 Å². The van der Waals surface area contributed by atoms with E-state index in [-0.39, 0.29) is 24.3 Å². The average Bonchev–Trinajstić information content (AvgIpc) is 2.36. The maximum atomic E-state index is 8.60. The second-order valence-corrected chi connectivity index (χ2v) is 5.31. The molecule has 1 rings (SSSR count). The summed E-state index contributed by atoms with van der Waals surface area (Å²) >= 11 is 23.0. The van der Waals surface area contributed by atoms with Crippen LogP contribution in [0.15, 0.2) is 34.9 Å². The molecule has 0 heterocycles. The molecule has 0 aliphatic heterocycles. The summed E-state index contributed by atoms with van der Waals surface area (Å²) < 4.78 is 10.9. The standard InChI is InChI=1S/C13H12Cl4O3/c14-10-7-9(19-6-3-12(16)17)8-11(15)13(10)20-5-2-1-4-18/h1-3,7-8,18H,4-6H2. The van der Waals surface area contributed by atoms with Crippen LogP contribution in [0.2, 0.25) is 10.0 Å². The molecule has 1 aromatic rings. The van der Waals surface area contributed by atoms with Gasteiger partial charge in [0, 0.05) is 12.1 Å². The summed E-state index contributed by atoms with van der Waals surface area (Å²) in [6.45, 7) is 0.410. The molecular formula is C13H12Cl4O3. The Morgan fingerprint density at radius 3 is 2.25 bits per heavy atom.